The van der Waals surface area contributed by atoms with Crippen LogP contribution in [0.2, 0.25) is 0 Å². The Morgan fingerprint density at radius 1 is 1.41 bits per heavy atom. The van der Waals surface area contributed by atoms with Gasteiger partial charge in [0.15, 0.2) is 0 Å². The summed E-state index contributed by atoms with van der Waals surface area (Å²) in [7, 11) is 0. The van der Waals surface area contributed by atoms with Gasteiger partial charge in [0.1, 0.15) is 0 Å². The average molecular weight is 243 g/mol. The molecule has 92 valence electrons. The summed E-state index contributed by atoms with van der Waals surface area (Å²) in [5.41, 5.74) is 0.358. The molecule has 0 spiro atoms. The van der Waals surface area contributed by atoms with E-state index in [2.05, 4.69) is 5.32 Å². The topological polar surface area (TPSA) is 29.1 Å². The van der Waals surface area contributed by atoms with E-state index in [4.69, 9.17) is 0 Å². The number of hydrogen-bond acceptors (Lipinski definition) is 1. The molecule has 1 heterocycles. The second-order valence-electron chi connectivity index (χ2n) is 4.16. The van der Waals surface area contributed by atoms with Crippen LogP contribution >= 0.6 is 0 Å². The van der Waals surface area contributed by atoms with Crippen LogP contribution in [0.25, 0.3) is 0 Å². The largest absolute Gasteiger partial charge is 0.416 e. The summed E-state index contributed by atoms with van der Waals surface area (Å²) >= 11 is 0. The number of carbonyl (C=O) groups is 1. The smallest absolute Gasteiger partial charge is 0.326 e. The molecule has 1 aliphatic heterocycles. The first-order valence-corrected chi connectivity index (χ1v) is 5.42. The van der Waals surface area contributed by atoms with Crippen molar-refractivity contribution in [2.75, 3.05) is 5.32 Å². The fraction of sp³-hybridized carbons (Fsp3) is 0.417. The number of halogens is 3. The van der Waals surface area contributed by atoms with E-state index < -0.39 is 11.7 Å². The third-order valence-corrected chi connectivity index (χ3v) is 3.02. The third-order valence-electron chi connectivity index (χ3n) is 3.02. The van der Waals surface area contributed by atoms with Gasteiger partial charge in [-0.25, -0.2) is 0 Å². The van der Waals surface area contributed by atoms with Gasteiger partial charge in [0.05, 0.1) is 5.56 Å². The number of benzene rings is 1. The molecule has 2 nitrogen and oxygen atoms in total. The van der Waals surface area contributed by atoms with Crippen LogP contribution in [0.4, 0.5) is 18.9 Å². The van der Waals surface area contributed by atoms with E-state index in [0.29, 0.717) is 12.1 Å². The zero-order chi connectivity index (χ0) is 12.6. The number of fused-ring (bicyclic) bond motifs is 1. The quantitative estimate of drug-likeness (QED) is 0.803. The molecule has 1 aromatic rings. The molecular weight excluding hydrogens is 231 g/mol. The monoisotopic (exact) mass is 243 g/mol. The van der Waals surface area contributed by atoms with Crippen molar-refractivity contribution in [3.63, 3.8) is 0 Å². The number of anilines is 1. The SMILES string of the molecule is CCC1CC(=O)Nc2cc(C(F)(F)F)ccc21. The van der Waals surface area contributed by atoms with Crippen LogP contribution in [0.5, 0.6) is 0 Å². The van der Waals surface area contributed by atoms with Crippen LogP contribution in [-0.4, -0.2) is 5.91 Å². The van der Waals surface area contributed by atoms with Gasteiger partial charge in [-0.3, -0.25) is 4.79 Å². The van der Waals surface area contributed by atoms with Crippen molar-refractivity contribution in [2.24, 2.45) is 0 Å². The number of nitrogens with one attached hydrogen (secondary N) is 1. The van der Waals surface area contributed by atoms with E-state index in [1.165, 1.54) is 6.07 Å². The Labute approximate surface area is 96.8 Å². The predicted octanol–water partition coefficient (Wildman–Crippen LogP) is 3.54. The lowest BCUT2D eigenvalue weighted by atomic mass is 9.88. The van der Waals surface area contributed by atoms with Crippen LogP contribution in [-0.2, 0) is 11.0 Å². The fourth-order valence-corrected chi connectivity index (χ4v) is 2.10. The molecule has 0 saturated heterocycles. The van der Waals surface area contributed by atoms with E-state index in [1.807, 2.05) is 6.92 Å². The Morgan fingerprint density at radius 2 is 2.12 bits per heavy atom. The maximum absolute atomic E-state index is 12.5. The second kappa shape index (κ2) is 4.05. The van der Waals surface area contributed by atoms with Crippen molar-refractivity contribution >= 4 is 11.6 Å². The summed E-state index contributed by atoms with van der Waals surface area (Å²) in [5.74, 6) is -0.204. The Hall–Kier alpha value is -1.52. The van der Waals surface area contributed by atoms with Gasteiger partial charge in [0, 0.05) is 12.1 Å². The van der Waals surface area contributed by atoms with Gasteiger partial charge in [0.25, 0.3) is 0 Å². The third kappa shape index (κ3) is 2.28. The standard InChI is InChI=1S/C12H12F3NO/c1-2-7-5-11(17)16-10-6-8(12(13,14)15)3-4-9(7)10/h3-4,6-7H,2,5H2,1H3,(H,16,17). The molecule has 1 N–H and O–H groups in total. The van der Waals surface area contributed by atoms with Gasteiger partial charge < -0.3 is 5.32 Å². The van der Waals surface area contributed by atoms with Gasteiger partial charge in [-0.1, -0.05) is 13.0 Å². The molecule has 1 aromatic carbocycles. The van der Waals surface area contributed by atoms with Gasteiger partial charge in [-0.05, 0) is 30.0 Å². The first-order chi connectivity index (χ1) is 7.91. The number of hydrogen-bond donors (Lipinski definition) is 1. The lowest BCUT2D eigenvalue weighted by Crippen LogP contribution is -2.23. The maximum Gasteiger partial charge on any atom is 0.416 e. The Morgan fingerprint density at radius 3 is 2.71 bits per heavy atom. The van der Waals surface area contributed by atoms with Crippen LogP contribution in [0, 0.1) is 0 Å². The number of amides is 1. The highest BCUT2D eigenvalue weighted by Gasteiger charge is 2.33. The van der Waals surface area contributed by atoms with Crippen molar-refractivity contribution in [3.8, 4) is 0 Å². The average Bonchev–Trinajstić information content (AvgIpc) is 2.25. The Kier molecular flexibility index (Phi) is 2.85. The Bertz CT molecular complexity index is 454. The van der Waals surface area contributed by atoms with Crippen LogP contribution in [0.1, 0.15) is 36.8 Å². The molecule has 1 aliphatic rings. The van der Waals surface area contributed by atoms with Crippen molar-refractivity contribution in [2.45, 2.75) is 31.9 Å². The normalized spacial score (nSPS) is 19.8. The molecule has 17 heavy (non-hydrogen) atoms. The van der Waals surface area contributed by atoms with Crippen LogP contribution in [0.3, 0.4) is 0 Å². The first-order valence-electron chi connectivity index (χ1n) is 5.42. The van der Waals surface area contributed by atoms with Crippen LogP contribution in [0.15, 0.2) is 18.2 Å². The molecule has 0 bridgehead atoms. The molecule has 2 rings (SSSR count). The van der Waals surface area contributed by atoms with Gasteiger partial charge in [-0.2, -0.15) is 13.2 Å². The molecule has 5 heteroatoms. The van der Waals surface area contributed by atoms with Gasteiger partial charge in [-0.15, -0.1) is 0 Å². The zero-order valence-corrected chi connectivity index (χ0v) is 9.27. The molecule has 1 amide bonds. The second-order valence-corrected chi connectivity index (χ2v) is 4.16. The molecular formula is C12H12F3NO. The molecule has 0 saturated carbocycles. The lowest BCUT2D eigenvalue weighted by Gasteiger charge is -2.25. The van der Waals surface area contributed by atoms with E-state index in [9.17, 15) is 18.0 Å². The highest BCUT2D eigenvalue weighted by molar-refractivity contribution is 5.94. The minimum Gasteiger partial charge on any atom is -0.326 e. The highest BCUT2D eigenvalue weighted by atomic mass is 19.4. The molecule has 0 fully saturated rings. The molecule has 1 unspecified atom stereocenters. The lowest BCUT2D eigenvalue weighted by molar-refractivity contribution is -0.137. The number of rotatable bonds is 1. The van der Waals surface area contributed by atoms with Crippen molar-refractivity contribution < 1.29 is 18.0 Å². The summed E-state index contributed by atoms with van der Waals surface area (Å²) in [5, 5.41) is 2.50. The predicted molar refractivity (Wildman–Crippen MR) is 57.7 cm³/mol. The number of alkyl halides is 3. The van der Waals surface area contributed by atoms with Crippen LogP contribution < -0.4 is 5.32 Å². The fourth-order valence-electron chi connectivity index (χ4n) is 2.10. The molecule has 0 aliphatic carbocycles. The Balaban J connectivity index is 2.45. The number of carbonyl (C=O) groups excluding carboxylic acids is 1. The summed E-state index contributed by atoms with van der Waals surface area (Å²) in [4.78, 5) is 11.4. The van der Waals surface area contributed by atoms with Crippen molar-refractivity contribution in [1.82, 2.24) is 0 Å². The van der Waals surface area contributed by atoms with Crippen molar-refractivity contribution in [1.29, 1.82) is 0 Å². The van der Waals surface area contributed by atoms with E-state index in [1.54, 1.807) is 0 Å². The van der Waals surface area contributed by atoms with E-state index >= 15 is 0 Å². The summed E-state index contributed by atoms with van der Waals surface area (Å²) in [6.07, 6.45) is -3.29. The van der Waals surface area contributed by atoms with E-state index in [0.717, 1.165) is 24.1 Å². The molecule has 1 atom stereocenters. The molecule has 0 radical (unpaired) electrons. The maximum atomic E-state index is 12.5. The minimum absolute atomic E-state index is 0.0148. The molecule has 0 aromatic heterocycles. The minimum atomic E-state index is -4.38. The van der Waals surface area contributed by atoms with Crippen molar-refractivity contribution in [3.05, 3.63) is 29.3 Å². The highest BCUT2D eigenvalue weighted by Crippen LogP contribution is 2.38. The summed E-state index contributed by atoms with van der Waals surface area (Å²) in [6, 6.07) is 3.54. The summed E-state index contributed by atoms with van der Waals surface area (Å²) in [6.45, 7) is 1.92. The summed E-state index contributed by atoms with van der Waals surface area (Å²) < 4.78 is 37.6. The first kappa shape index (κ1) is 12.0. The zero-order valence-electron chi connectivity index (χ0n) is 9.27. The van der Waals surface area contributed by atoms with Gasteiger partial charge in [0.2, 0.25) is 5.91 Å². The van der Waals surface area contributed by atoms with E-state index in [-0.39, 0.29) is 11.8 Å². The van der Waals surface area contributed by atoms with Gasteiger partial charge >= 0.3 is 6.18 Å².